The Kier molecular flexibility index (Phi) is 6.41. The average molecular weight is 370 g/mol. The lowest BCUT2D eigenvalue weighted by Crippen LogP contribution is -2.27. The Balaban J connectivity index is 1.39. The molecule has 1 heterocycles. The number of benzene rings is 2. The second-order valence-electron chi connectivity index (χ2n) is 6.53. The molecule has 142 valence electrons. The van der Waals surface area contributed by atoms with Gasteiger partial charge in [0.2, 0.25) is 5.91 Å². The van der Waals surface area contributed by atoms with Crippen LogP contribution in [0, 0.1) is 5.82 Å². The van der Waals surface area contributed by atoms with Crippen LogP contribution in [0.4, 0.5) is 10.1 Å². The molecule has 1 aliphatic rings. The van der Waals surface area contributed by atoms with E-state index in [1.54, 1.807) is 36.4 Å². The number of hydrogen-bond donors (Lipinski definition) is 1. The Morgan fingerprint density at radius 2 is 1.67 bits per heavy atom. The van der Waals surface area contributed by atoms with Crippen LogP contribution in [0.1, 0.15) is 36.0 Å². The molecule has 27 heavy (non-hydrogen) atoms. The highest BCUT2D eigenvalue weighted by atomic mass is 19.1. The second kappa shape index (κ2) is 9.16. The number of likely N-dealkylation sites (tertiary alicyclic amines) is 1. The summed E-state index contributed by atoms with van der Waals surface area (Å²) in [6, 6.07) is 12.8. The first-order valence-corrected chi connectivity index (χ1v) is 9.19. The first-order chi connectivity index (χ1) is 13.1. The van der Waals surface area contributed by atoms with Crippen molar-refractivity contribution in [2.24, 2.45) is 0 Å². The second-order valence-corrected chi connectivity index (χ2v) is 6.53. The fourth-order valence-electron chi connectivity index (χ4n) is 2.98. The number of halogens is 1. The number of nitrogens with zero attached hydrogens (tertiary/aromatic N) is 1. The Morgan fingerprint density at radius 1 is 1.00 bits per heavy atom. The lowest BCUT2D eigenvalue weighted by molar-refractivity contribution is -0.116. The molecule has 3 rings (SSSR count). The molecule has 5 nitrogen and oxygen atoms in total. The number of anilines is 1. The van der Waals surface area contributed by atoms with Gasteiger partial charge in [-0.05, 0) is 67.8 Å². The molecule has 1 aliphatic heterocycles. The Labute approximate surface area is 158 Å². The van der Waals surface area contributed by atoms with Crippen LogP contribution >= 0.6 is 0 Å². The molecular formula is C21H23FN2O3. The van der Waals surface area contributed by atoms with E-state index in [1.165, 1.54) is 12.1 Å². The minimum atomic E-state index is -0.310. The Morgan fingerprint density at radius 3 is 2.33 bits per heavy atom. The number of carbonyl (C=O) groups excluding carboxylic acids is 2. The lowest BCUT2D eigenvalue weighted by Gasteiger charge is -2.15. The molecule has 0 bridgehead atoms. The van der Waals surface area contributed by atoms with Gasteiger partial charge in [0.1, 0.15) is 11.6 Å². The van der Waals surface area contributed by atoms with Gasteiger partial charge in [0.25, 0.3) is 5.91 Å². The maximum Gasteiger partial charge on any atom is 0.253 e. The molecule has 6 heteroatoms. The van der Waals surface area contributed by atoms with Crippen molar-refractivity contribution in [1.29, 1.82) is 0 Å². The molecule has 2 amide bonds. The number of ether oxygens (including phenoxy) is 1. The summed E-state index contributed by atoms with van der Waals surface area (Å²) < 4.78 is 18.3. The summed E-state index contributed by atoms with van der Waals surface area (Å²) in [6.45, 7) is 2.01. The zero-order valence-corrected chi connectivity index (χ0v) is 15.1. The highest BCUT2D eigenvalue weighted by Gasteiger charge is 2.19. The maximum atomic E-state index is 12.8. The molecule has 0 saturated carbocycles. The summed E-state index contributed by atoms with van der Waals surface area (Å²) in [7, 11) is 0. The largest absolute Gasteiger partial charge is 0.494 e. The summed E-state index contributed by atoms with van der Waals surface area (Å²) in [4.78, 5) is 26.2. The number of hydrogen-bond acceptors (Lipinski definition) is 3. The van der Waals surface area contributed by atoms with E-state index in [1.807, 2.05) is 4.90 Å². The highest BCUT2D eigenvalue weighted by Crippen LogP contribution is 2.16. The van der Waals surface area contributed by atoms with Gasteiger partial charge >= 0.3 is 0 Å². The van der Waals surface area contributed by atoms with Crippen molar-refractivity contribution in [2.45, 2.75) is 25.7 Å². The van der Waals surface area contributed by atoms with Crippen LogP contribution in [-0.2, 0) is 4.79 Å². The fraction of sp³-hybridized carbons (Fsp3) is 0.333. The molecule has 0 aliphatic carbocycles. The van der Waals surface area contributed by atoms with Crippen LogP contribution < -0.4 is 10.1 Å². The quantitative estimate of drug-likeness (QED) is 0.753. The third-order valence-electron chi connectivity index (χ3n) is 4.44. The van der Waals surface area contributed by atoms with E-state index in [0.717, 1.165) is 25.9 Å². The maximum absolute atomic E-state index is 12.8. The summed E-state index contributed by atoms with van der Waals surface area (Å²) >= 11 is 0. The molecule has 2 aromatic rings. The number of rotatable bonds is 7. The Hall–Kier alpha value is -2.89. The Bertz CT molecular complexity index is 769. The minimum absolute atomic E-state index is 0.0447. The van der Waals surface area contributed by atoms with Crippen LogP contribution in [0.15, 0.2) is 48.5 Å². The van der Waals surface area contributed by atoms with Crippen molar-refractivity contribution >= 4 is 17.5 Å². The number of nitrogens with one attached hydrogen (secondary N) is 1. The van der Waals surface area contributed by atoms with Crippen molar-refractivity contribution in [1.82, 2.24) is 4.90 Å². The van der Waals surface area contributed by atoms with Gasteiger partial charge in [0.05, 0.1) is 6.61 Å². The molecule has 0 atom stereocenters. The van der Waals surface area contributed by atoms with Crippen LogP contribution in [0.2, 0.25) is 0 Å². The third-order valence-corrected chi connectivity index (χ3v) is 4.44. The van der Waals surface area contributed by atoms with Gasteiger partial charge in [-0.3, -0.25) is 9.59 Å². The van der Waals surface area contributed by atoms with E-state index in [0.29, 0.717) is 36.4 Å². The van der Waals surface area contributed by atoms with E-state index >= 15 is 0 Å². The zero-order valence-electron chi connectivity index (χ0n) is 15.1. The van der Waals surface area contributed by atoms with Crippen molar-refractivity contribution in [3.05, 3.63) is 59.9 Å². The third kappa shape index (κ3) is 5.54. The van der Waals surface area contributed by atoms with Gasteiger partial charge < -0.3 is 15.0 Å². The van der Waals surface area contributed by atoms with E-state index in [2.05, 4.69) is 5.32 Å². The van der Waals surface area contributed by atoms with Crippen LogP contribution in [0.3, 0.4) is 0 Å². The van der Waals surface area contributed by atoms with Crippen molar-refractivity contribution in [2.75, 3.05) is 25.0 Å². The highest BCUT2D eigenvalue weighted by molar-refractivity contribution is 5.96. The predicted octanol–water partition coefficient (Wildman–Crippen LogP) is 3.86. The monoisotopic (exact) mass is 370 g/mol. The van der Waals surface area contributed by atoms with E-state index in [9.17, 15) is 14.0 Å². The first-order valence-electron chi connectivity index (χ1n) is 9.19. The molecule has 2 aromatic carbocycles. The zero-order chi connectivity index (χ0) is 19.1. The summed E-state index contributed by atoms with van der Waals surface area (Å²) in [5.41, 5.74) is 1.31. The number of carbonyl (C=O) groups is 2. The summed E-state index contributed by atoms with van der Waals surface area (Å²) in [6.07, 6.45) is 2.99. The van der Waals surface area contributed by atoms with Gasteiger partial charge in [-0.2, -0.15) is 0 Å². The van der Waals surface area contributed by atoms with Crippen LogP contribution in [-0.4, -0.2) is 36.4 Å². The molecule has 1 N–H and O–H groups in total. The normalized spacial score (nSPS) is 13.4. The van der Waals surface area contributed by atoms with Crippen LogP contribution in [0.25, 0.3) is 0 Å². The van der Waals surface area contributed by atoms with Crippen molar-refractivity contribution < 1.29 is 18.7 Å². The molecular weight excluding hydrogens is 347 g/mol. The summed E-state index contributed by atoms with van der Waals surface area (Å²) in [5.74, 6) is 0.199. The van der Waals surface area contributed by atoms with Crippen molar-refractivity contribution in [3.8, 4) is 5.75 Å². The lowest BCUT2D eigenvalue weighted by atomic mass is 10.2. The topological polar surface area (TPSA) is 58.6 Å². The molecule has 0 unspecified atom stereocenters. The minimum Gasteiger partial charge on any atom is -0.494 e. The van der Waals surface area contributed by atoms with Gasteiger partial charge in [-0.15, -0.1) is 0 Å². The molecule has 0 aromatic heterocycles. The number of amides is 2. The summed E-state index contributed by atoms with van der Waals surface area (Å²) in [5, 5.41) is 2.81. The SMILES string of the molecule is O=C(CCCOc1ccc(F)cc1)Nc1ccc(C(=O)N2CCCC2)cc1. The van der Waals surface area contributed by atoms with Crippen molar-refractivity contribution in [3.63, 3.8) is 0 Å². The smallest absolute Gasteiger partial charge is 0.253 e. The average Bonchev–Trinajstić information content (AvgIpc) is 3.21. The van der Waals surface area contributed by atoms with Gasteiger partial charge in [0.15, 0.2) is 0 Å². The predicted molar refractivity (Wildman–Crippen MR) is 101 cm³/mol. The van der Waals surface area contributed by atoms with Gasteiger partial charge in [-0.1, -0.05) is 0 Å². The van der Waals surface area contributed by atoms with E-state index in [-0.39, 0.29) is 17.6 Å². The van der Waals surface area contributed by atoms with E-state index < -0.39 is 0 Å². The van der Waals surface area contributed by atoms with Gasteiger partial charge in [-0.25, -0.2) is 4.39 Å². The standard InChI is InChI=1S/C21H23FN2O3/c22-17-7-11-19(12-8-17)27-15-3-4-20(25)23-18-9-5-16(6-10-18)21(26)24-13-1-2-14-24/h5-12H,1-4,13-15H2,(H,23,25). The molecule has 1 saturated heterocycles. The van der Waals surface area contributed by atoms with E-state index in [4.69, 9.17) is 4.74 Å². The molecule has 0 radical (unpaired) electrons. The fourth-order valence-corrected chi connectivity index (χ4v) is 2.98. The van der Waals surface area contributed by atoms with Gasteiger partial charge in [0, 0.05) is 30.8 Å². The first kappa shape index (κ1) is 18.9. The molecule has 1 fully saturated rings. The molecule has 0 spiro atoms. The van der Waals surface area contributed by atoms with Crippen LogP contribution in [0.5, 0.6) is 5.75 Å².